The summed E-state index contributed by atoms with van der Waals surface area (Å²) in [5, 5.41) is 0. The fourth-order valence-corrected chi connectivity index (χ4v) is 2.33. The molecular formula is C11H15IN2O. The lowest BCUT2D eigenvalue weighted by molar-refractivity contribution is 0.399. The summed E-state index contributed by atoms with van der Waals surface area (Å²) in [5.74, 6) is 1.42. The highest BCUT2D eigenvalue weighted by atomic mass is 127. The molecular weight excluding hydrogens is 303 g/mol. The van der Waals surface area contributed by atoms with Gasteiger partial charge in [-0.2, -0.15) is 0 Å². The van der Waals surface area contributed by atoms with E-state index in [4.69, 9.17) is 0 Å². The molecule has 0 spiro atoms. The summed E-state index contributed by atoms with van der Waals surface area (Å²) in [4.78, 5) is 19.2. The van der Waals surface area contributed by atoms with Gasteiger partial charge in [-0.3, -0.25) is 4.79 Å². The SMILES string of the molecule is CCCc1nc(C2CCC2)[nH]c(=O)c1I. The first-order valence-electron chi connectivity index (χ1n) is 5.51. The van der Waals surface area contributed by atoms with Crippen LogP contribution in [0.4, 0.5) is 0 Å². The summed E-state index contributed by atoms with van der Waals surface area (Å²) in [5.41, 5.74) is 1.01. The smallest absolute Gasteiger partial charge is 0.264 e. The fraction of sp³-hybridized carbons (Fsp3) is 0.636. The van der Waals surface area contributed by atoms with Crippen molar-refractivity contribution >= 4 is 22.6 Å². The van der Waals surface area contributed by atoms with E-state index in [0.29, 0.717) is 5.92 Å². The molecule has 0 bridgehead atoms. The number of nitrogens with zero attached hydrogens (tertiary/aromatic N) is 1. The van der Waals surface area contributed by atoms with Crippen molar-refractivity contribution in [3.05, 3.63) is 25.4 Å². The van der Waals surface area contributed by atoms with Crippen LogP contribution in [0.25, 0.3) is 0 Å². The molecule has 15 heavy (non-hydrogen) atoms. The maximum Gasteiger partial charge on any atom is 0.264 e. The van der Waals surface area contributed by atoms with E-state index in [0.717, 1.165) is 27.9 Å². The molecule has 82 valence electrons. The van der Waals surface area contributed by atoms with Gasteiger partial charge in [-0.05, 0) is 41.9 Å². The third kappa shape index (κ3) is 2.24. The Hall–Kier alpha value is -0.390. The van der Waals surface area contributed by atoms with Crippen molar-refractivity contribution in [2.45, 2.75) is 44.9 Å². The van der Waals surface area contributed by atoms with Crippen LogP contribution in [-0.4, -0.2) is 9.97 Å². The molecule has 4 heteroatoms. The zero-order valence-electron chi connectivity index (χ0n) is 8.85. The normalized spacial score (nSPS) is 16.4. The summed E-state index contributed by atoms with van der Waals surface area (Å²) >= 11 is 2.09. The van der Waals surface area contributed by atoms with E-state index in [1.54, 1.807) is 0 Å². The van der Waals surface area contributed by atoms with Crippen molar-refractivity contribution in [2.75, 3.05) is 0 Å². The Labute approximate surface area is 103 Å². The van der Waals surface area contributed by atoms with Crippen LogP contribution in [0.3, 0.4) is 0 Å². The van der Waals surface area contributed by atoms with Gasteiger partial charge >= 0.3 is 0 Å². The first-order valence-corrected chi connectivity index (χ1v) is 6.58. The Kier molecular flexibility index (Phi) is 3.43. The van der Waals surface area contributed by atoms with Gasteiger partial charge in [0.15, 0.2) is 0 Å². The number of aryl methyl sites for hydroxylation is 1. The Bertz CT molecular complexity index is 410. The number of aromatic amines is 1. The topological polar surface area (TPSA) is 45.8 Å². The van der Waals surface area contributed by atoms with Gasteiger partial charge in [0.25, 0.3) is 5.56 Å². The molecule has 1 aromatic heterocycles. The number of halogens is 1. The van der Waals surface area contributed by atoms with E-state index in [1.165, 1.54) is 19.3 Å². The van der Waals surface area contributed by atoms with Gasteiger partial charge in [0, 0.05) is 5.92 Å². The summed E-state index contributed by atoms with van der Waals surface area (Å²) in [6.45, 7) is 2.11. The molecule has 0 aromatic carbocycles. The third-order valence-corrected chi connectivity index (χ3v) is 4.04. The van der Waals surface area contributed by atoms with Crippen molar-refractivity contribution in [3.63, 3.8) is 0 Å². The summed E-state index contributed by atoms with van der Waals surface area (Å²) in [6.07, 6.45) is 5.56. The number of aromatic nitrogens is 2. The number of hydrogen-bond donors (Lipinski definition) is 1. The zero-order chi connectivity index (χ0) is 10.8. The van der Waals surface area contributed by atoms with Crippen molar-refractivity contribution in [1.82, 2.24) is 9.97 Å². The van der Waals surface area contributed by atoms with E-state index >= 15 is 0 Å². The number of H-pyrrole nitrogens is 1. The quantitative estimate of drug-likeness (QED) is 0.871. The van der Waals surface area contributed by atoms with E-state index in [9.17, 15) is 4.79 Å². The molecule has 0 radical (unpaired) electrons. The van der Waals surface area contributed by atoms with Gasteiger partial charge in [-0.15, -0.1) is 0 Å². The molecule has 0 atom stereocenters. The Morgan fingerprint density at radius 1 is 1.53 bits per heavy atom. The highest BCUT2D eigenvalue weighted by Crippen LogP contribution is 2.34. The summed E-state index contributed by atoms with van der Waals surface area (Å²) in [6, 6.07) is 0. The monoisotopic (exact) mass is 318 g/mol. The zero-order valence-corrected chi connectivity index (χ0v) is 11.0. The van der Waals surface area contributed by atoms with Gasteiger partial charge in [0.2, 0.25) is 0 Å². The van der Waals surface area contributed by atoms with E-state index < -0.39 is 0 Å². The Morgan fingerprint density at radius 2 is 2.27 bits per heavy atom. The van der Waals surface area contributed by atoms with Crippen LogP contribution in [0.5, 0.6) is 0 Å². The van der Waals surface area contributed by atoms with Crippen LogP contribution < -0.4 is 5.56 Å². The standard InChI is InChI=1S/C11H15IN2O/c1-2-4-8-9(12)11(15)14-10(13-8)7-5-3-6-7/h7H,2-6H2,1H3,(H,13,14,15). The van der Waals surface area contributed by atoms with Gasteiger partial charge in [0.05, 0.1) is 9.26 Å². The van der Waals surface area contributed by atoms with Crippen molar-refractivity contribution in [2.24, 2.45) is 0 Å². The lowest BCUT2D eigenvalue weighted by atomic mass is 9.85. The van der Waals surface area contributed by atoms with Crippen LogP contribution in [0.1, 0.15) is 50.0 Å². The average molecular weight is 318 g/mol. The molecule has 1 aliphatic carbocycles. The van der Waals surface area contributed by atoms with Crippen LogP contribution in [-0.2, 0) is 6.42 Å². The molecule has 0 aliphatic heterocycles. The second-order valence-corrected chi connectivity index (χ2v) is 5.17. The Morgan fingerprint density at radius 3 is 2.80 bits per heavy atom. The van der Waals surface area contributed by atoms with Crippen LogP contribution >= 0.6 is 22.6 Å². The lowest BCUT2D eigenvalue weighted by Gasteiger charge is -2.24. The van der Waals surface area contributed by atoms with Crippen molar-refractivity contribution < 1.29 is 0 Å². The molecule has 3 nitrogen and oxygen atoms in total. The molecule has 1 fully saturated rings. The minimum absolute atomic E-state index is 0.0379. The summed E-state index contributed by atoms with van der Waals surface area (Å²) < 4.78 is 0.762. The van der Waals surface area contributed by atoms with E-state index in [-0.39, 0.29) is 5.56 Å². The number of hydrogen-bond acceptors (Lipinski definition) is 2. The lowest BCUT2D eigenvalue weighted by Crippen LogP contribution is -2.22. The molecule has 0 unspecified atom stereocenters. The van der Waals surface area contributed by atoms with Gasteiger partial charge in [-0.25, -0.2) is 4.98 Å². The molecule has 1 aliphatic rings. The molecule has 1 aromatic rings. The summed E-state index contributed by atoms with van der Waals surface area (Å²) in [7, 11) is 0. The van der Waals surface area contributed by atoms with Gasteiger partial charge < -0.3 is 4.98 Å². The van der Waals surface area contributed by atoms with Crippen molar-refractivity contribution in [3.8, 4) is 0 Å². The maximum atomic E-state index is 11.7. The van der Waals surface area contributed by atoms with E-state index in [1.807, 2.05) is 0 Å². The largest absolute Gasteiger partial charge is 0.309 e. The molecule has 1 N–H and O–H groups in total. The second kappa shape index (κ2) is 4.63. The van der Waals surface area contributed by atoms with Crippen molar-refractivity contribution in [1.29, 1.82) is 0 Å². The molecule has 1 saturated carbocycles. The van der Waals surface area contributed by atoms with Crippen LogP contribution in [0.2, 0.25) is 0 Å². The maximum absolute atomic E-state index is 11.7. The predicted molar refractivity (Wildman–Crippen MR) is 68.2 cm³/mol. The third-order valence-electron chi connectivity index (χ3n) is 2.93. The van der Waals surface area contributed by atoms with Gasteiger partial charge in [-0.1, -0.05) is 19.8 Å². The number of rotatable bonds is 3. The molecule has 1 heterocycles. The van der Waals surface area contributed by atoms with Crippen LogP contribution in [0.15, 0.2) is 4.79 Å². The minimum Gasteiger partial charge on any atom is -0.309 e. The molecule has 2 rings (SSSR count). The van der Waals surface area contributed by atoms with Crippen LogP contribution in [0, 0.1) is 3.57 Å². The fourth-order valence-electron chi connectivity index (χ4n) is 1.80. The minimum atomic E-state index is 0.0379. The van der Waals surface area contributed by atoms with E-state index in [2.05, 4.69) is 39.5 Å². The average Bonchev–Trinajstić information content (AvgIpc) is 2.11. The molecule has 0 amide bonds. The van der Waals surface area contributed by atoms with Gasteiger partial charge in [0.1, 0.15) is 5.82 Å². The molecule has 0 saturated heterocycles. The first kappa shape index (κ1) is 11.1. The highest BCUT2D eigenvalue weighted by Gasteiger charge is 2.23. The predicted octanol–water partition coefficient (Wildman–Crippen LogP) is 2.59. The number of nitrogens with one attached hydrogen (secondary N) is 1. The second-order valence-electron chi connectivity index (χ2n) is 4.09. The Balaban J connectivity index is 2.36. The highest BCUT2D eigenvalue weighted by molar-refractivity contribution is 14.1. The first-order chi connectivity index (χ1) is 7.22.